The molecule has 1 saturated heterocycles. The minimum Gasteiger partial charge on any atom is -0.487 e. The highest BCUT2D eigenvalue weighted by molar-refractivity contribution is 5.65. The average molecular weight is 494 g/mol. The first-order chi connectivity index (χ1) is 18.0. The van der Waals surface area contributed by atoms with E-state index in [4.69, 9.17) is 14.5 Å². The molecule has 5 rings (SSSR count). The third-order valence-corrected chi connectivity index (χ3v) is 7.62. The van der Waals surface area contributed by atoms with Crippen LogP contribution in [0.15, 0.2) is 91.3 Å². The molecule has 3 heterocycles. The summed E-state index contributed by atoms with van der Waals surface area (Å²) < 4.78 is 11.4. The first-order valence-electron chi connectivity index (χ1n) is 13.1. The predicted molar refractivity (Wildman–Crippen MR) is 149 cm³/mol. The van der Waals surface area contributed by atoms with Gasteiger partial charge in [-0.25, -0.2) is 4.98 Å². The first kappa shape index (κ1) is 25.0. The number of morpholine rings is 1. The van der Waals surface area contributed by atoms with E-state index in [2.05, 4.69) is 91.3 Å². The van der Waals surface area contributed by atoms with Gasteiger partial charge in [0.25, 0.3) is 0 Å². The lowest BCUT2D eigenvalue weighted by molar-refractivity contribution is 0.122. The Morgan fingerprint density at radius 3 is 2.11 bits per heavy atom. The molecule has 0 spiro atoms. The van der Waals surface area contributed by atoms with Crippen molar-refractivity contribution in [3.05, 3.63) is 108 Å². The predicted octanol–water partition coefficient (Wildman–Crippen LogP) is 6.52. The van der Waals surface area contributed by atoms with Gasteiger partial charge in [-0.05, 0) is 59.0 Å². The van der Waals surface area contributed by atoms with Gasteiger partial charge in [-0.1, -0.05) is 63.2 Å². The minimum atomic E-state index is -0.128. The minimum absolute atomic E-state index is 0.128. The average Bonchev–Trinajstić information content (AvgIpc) is 2.97. The molecular weight excluding hydrogens is 458 g/mol. The van der Waals surface area contributed by atoms with Crippen LogP contribution in [0.4, 0.5) is 5.82 Å². The van der Waals surface area contributed by atoms with Gasteiger partial charge in [-0.15, -0.1) is 0 Å². The highest BCUT2D eigenvalue weighted by atomic mass is 16.5. The van der Waals surface area contributed by atoms with E-state index in [1.807, 2.05) is 24.4 Å². The number of pyridine rings is 2. The van der Waals surface area contributed by atoms with E-state index < -0.39 is 0 Å². The topological polar surface area (TPSA) is 47.5 Å². The number of anilines is 1. The Morgan fingerprint density at radius 1 is 0.838 bits per heavy atom. The molecule has 1 unspecified atom stereocenters. The van der Waals surface area contributed by atoms with Gasteiger partial charge in [0, 0.05) is 36.5 Å². The maximum atomic E-state index is 5.96. The number of ether oxygens (including phenoxy) is 2. The Kier molecular flexibility index (Phi) is 7.52. The second kappa shape index (κ2) is 11.1. The molecule has 37 heavy (non-hydrogen) atoms. The van der Waals surface area contributed by atoms with Crippen molar-refractivity contribution in [1.29, 1.82) is 0 Å². The molecule has 0 amide bonds. The Morgan fingerprint density at radius 2 is 1.51 bits per heavy atom. The van der Waals surface area contributed by atoms with Crippen molar-refractivity contribution in [3.63, 3.8) is 0 Å². The summed E-state index contributed by atoms with van der Waals surface area (Å²) in [5.41, 5.74) is 5.67. The van der Waals surface area contributed by atoms with Crippen molar-refractivity contribution in [1.82, 2.24) is 9.97 Å². The molecule has 1 aliphatic heterocycles. The summed E-state index contributed by atoms with van der Waals surface area (Å²) in [7, 11) is 0. The summed E-state index contributed by atoms with van der Waals surface area (Å²) in [6, 6.07) is 27.6. The molecule has 0 aliphatic carbocycles. The lowest BCUT2D eigenvalue weighted by Crippen LogP contribution is -2.36. The third kappa shape index (κ3) is 5.52. The molecular formula is C32H35N3O2. The van der Waals surface area contributed by atoms with Crippen LogP contribution in [0.3, 0.4) is 0 Å². The van der Waals surface area contributed by atoms with Crippen LogP contribution in [0.5, 0.6) is 5.75 Å². The quantitative estimate of drug-likeness (QED) is 0.280. The van der Waals surface area contributed by atoms with Crippen LogP contribution in [-0.2, 0) is 16.8 Å². The number of nitrogens with zero attached hydrogens (tertiary/aromatic N) is 3. The summed E-state index contributed by atoms with van der Waals surface area (Å²) in [6.07, 6.45) is 3.77. The lowest BCUT2D eigenvalue weighted by Gasteiger charge is -2.35. The fourth-order valence-electron chi connectivity index (χ4n) is 4.92. The lowest BCUT2D eigenvalue weighted by atomic mass is 9.68. The zero-order valence-electron chi connectivity index (χ0n) is 21.9. The molecule has 0 N–H and O–H groups in total. The van der Waals surface area contributed by atoms with E-state index in [9.17, 15) is 0 Å². The van der Waals surface area contributed by atoms with Crippen molar-refractivity contribution in [2.45, 2.75) is 32.8 Å². The van der Waals surface area contributed by atoms with Gasteiger partial charge in [0.1, 0.15) is 18.2 Å². The molecule has 5 nitrogen and oxygen atoms in total. The monoisotopic (exact) mass is 493 g/mol. The van der Waals surface area contributed by atoms with E-state index >= 15 is 0 Å². The number of benzene rings is 2. The fourth-order valence-corrected chi connectivity index (χ4v) is 4.92. The van der Waals surface area contributed by atoms with Crippen LogP contribution in [0.2, 0.25) is 0 Å². The van der Waals surface area contributed by atoms with E-state index in [-0.39, 0.29) is 5.41 Å². The van der Waals surface area contributed by atoms with Gasteiger partial charge >= 0.3 is 0 Å². The summed E-state index contributed by atoms with van der Waals surface area (Å²) in [6.45, 7) is 10.7. The van der Waals surface area contributed by atoms with Crippen molar-refractivity contribution in [2.75, 3.05) is 31.2 Å². The van der Waals surface area contributed by atoms with Gasteiger partial charge in [-0.2, -0.15) is 0 Å². The Balaban J connectivity index is 1.31. The normalized spacial score (nSPS) is 15.4. The van der Waals surface area contributed by atoms with Gasteiger partial charge in [0.05, 0.1) is 18.9 Å². The van der Waals surface area contributed by atoms with Crippen molar-refractivity contribution >= 4 is 5.82 Å². The van der Waals surface area contributed by atoms with Crippen LogP contribution >= 0.6 is 0 Å². The molecule has 190 valence electrons. The second-order valence-corrected chi connectivity index (χ2v) is 10.1. The largest absolute Gasteiger partial charge is 0.487 e. The Hall–Kier alpha value is -3.70. The summed E-state index contributed by atoms with van der Waals surface area (Å²) in [5.74, 6) is 2.28. The molecule has 4 aromatic rings. The van der Waals surface area contributed by atoms with Gasteiger partial charge in [0.2, 0.25) is 0 Å². The highest BCUT2D eigenvalue weighted by Gasteiger charge is 2.32. The molecule has 2 aromatic heterocycles. The molecule has 5 heteroatoms. The number of rotatable bonds is 8. The van der Waals surface area contributed by atoms with Crippen LogP contribution in [-0.4, -0.2) is 36.3 Å². The van der Waals surface area contributed by atoms with E-state index in [0.717, 1.165) is 49.1 Å². The second-order valence-electron chi connectivity index (χ2n) is 10.1. The zero-order valence-corrected chi connectivity index (χ0v) is 21.9. The maximum absolute atomic E-state index is 5.96. The highest BCUT2D eigenvalue weighted by Crippen LogP contribution is 2.40. The van der Waals surface area contributed by atoms with Crippen LogP contribution in [0, 0.1) is 5.92 Å². The Labute approximate surface area is 220 Å². The number of hydrogen-bond acceptors (Lipinski definition) is 5. The van der Waals surface area contributed by atoms with Crippen molar-refractivity contribution < 1.29 is 9.47 Å². The van der Waals surface area contributed by atoms with Gasteiger partial charge in [0.15, 0.2) is 0 Å². The van der Waals surface area contributed by atoms with Crippen LogP contribution in [0.1, 0.15) is 37.6 Å². The first-order valence-corrected chi connectivity index (χ1v) is 13.1. The molecule has 0 bridgehead atoms. The molecule has 1 fully saturated rings. The van der Waals surface area contributed by atoms with E-state index in [0.29, 0.717) is 12.5 Å². The SMILES string of the molecule is CC(C)C(C)(c1ccc(OCc2ccccn2)cc1)c1ccc(-c2ccc(N3CCOCC3)nc2)cc1. The van der Waals surface area contributed by atoms with Gasteiger partial charge < -0.3 is 14.4 Å². The number of aromatic nitrogens is 2. The van der Waals surface area contributed by atoms with Crippen LogP contribution < -0.4 is 9.64 Å². The van der Waals surface area contributed by atoms with E-state index in [1.54, 1.807) is 6.20 Å². The number of hydrogen-bond donors (Lipinski definition) is 0. The zero-order chi connectivity index (χ0) is 25.7. The smallest absolute Gasteiger partial charge is 0.130 e. The Bertz CT molecular complexity index is 1270. The molecule has 1 aliphatic rings. The van der Waals surface area contributed by atoms with Crippen molar-refractivity contribution in [3.8, 4) is 16.9 Å². The van der Waals surface area contributed by atoms with Crippen molar-refractivity contribution in [2.24, 2.45) is 5.92 Å². The summed E-state index contributed by atoms with van der Waals surface area (Å²) >= 11 is 0. The maximum Gasteiger partial charge on any atom is 0.130 e. The van der Waals surface area contributed by atoms with Crippen LogP contribution in [0.25, 0.3) is 11.1 Å². The molecule has 1 atom stereocenters. The standard InChI is InChI=1S/C32H35N3O2/c1-24(2)32(3,28-12-14-30(15-13-28)37-23-29-6-4-5-17-33-29)27-10-7-25(8-11-27)26-9-16-31(34-22-26)35-18-20-36-21-19-35/h4-17,22,24H,18-21,23H2,1-3H3. The molecule has 0 saturated carbocycles. The summed E-state index contributed by atoms with van der Waals surface area (Å²) in [4.78, 5) is 11.3. The fraction of sp³-hybridized carbons (Fsp3) is 0.312. The molecule has 2 aromatic carbocycles. The third-order valence-electron chi connectivity index (χ3n) is 7.62. The van der Waals surface area contributed by atoms with E-state index in [1.165, 1.54) is 16.7 Å². The summed E-state index contributed by atoms with van der Waals surface area (Å²) in [5, 5.41) is 0. The molecule has 0 radical (unpaired) electrons. The van der Waals surface area contributed by atoms with Gasteiger partial charge in [-0.3, -0.25) is 4.98 Å².